The number of benzene rings is 1. The number of hydrogen-bond acceptors (Lipinski definition) is 6. The highest BCUT2D eigenvalue weighted by Crippen LogP contribution is 2.27. The zero-order valence-corrected chi connectivity index (χ0v) is 17.5. The van der Waals surface area contributed by atoms with E-state index in [1.807, 2.05) is 23.1 Å². The number of anilines is 1. The molecule has 1 aromatic heterocycles. The Bertz CT molecular complexity index is 810. The molecule has 0 spiro atoms. The fourth-order valence-corrected chi connectivity index (χ4v) is 3.74. The van der Waals surface area contributed by atoms with Crippen molar-refractivity contribution in [3.05, 3.63) is 41.9 Å². The molecule has 1 N–H and O–H groups in total. The molecular weight excluding hydrogens is 368 g/mol. The van der Waals surface area contributed by atoms with Crippen molar-refractivity contribution in [1.82, 2.24) is 14.9 Å². The van der Waals surface area contributed by atoms with Crippen LogP contribution in [0.1, 0.15) is 48.7 Å². The van der Waals surface area contributed by atoms with Crippen LogP contribution in [0.3, 0.4) is 0 Å². The van der Waals surface area contributed by atoms with E-state index in [-0.39, 0.29) is 5.91 Å². The van der Waals surface area contributed by atoms with Gasteiger partial charge in [0, 0.05) is 19.1 Å². The number of ether oxygens (including phenoxy) is 2. The highest BCUT2D eigenvalue weighted by atomic mass is 16.5. The van der Waals surface area contributed by atoms with Crippen molar-refractivity contribution in [2.45, 2.75) is 45.1 Å². The second-order valence-corrected chi connectivity index (χ2v) is 7.21. The van der Waals surface area contributed by atoms with Crippen LogP contribution in [0.15, 0.2) is 30.6 Å². The maximum atomic E-state index is 12.8. The van der Waals surface area contributed by atoms with E-state index in [0.29, 0.717) is 29.8 Å². The van der Waals surface area contributed by atoms with E-state index in [4.69, 9.17) is 9.47 Å². The van der Waals surface area contributed by atoms with E-state index in [1.54, 1.807) is 26.6 Å². The van der Waals surface area contributed by atoms with Crippen LogP contribution in [-0.4, -0.2) is 54.1 Å². The highest BCUT2D eigenvalue weighted by Gasteiger charge is 2.27. The third-order valence-corrected chi connectivity index (χ3v) is 5.40. The van der Waals surface area contributed by atoms with Crippen LogP contribution in [-0.2, 0) is 6.42 Å². The summed E-state index contributed by atoms with van der Waals surface area (Å²) < 4.78 is 10.6. The number of aromatic nitrogens is 2. The van der Waals surface area contributed by atoms with Gasteiger partial charge in [0.25, 0.3) is 5.91 Å². The van der Waals surface area contributed by atoms with Crippen LogP contribution in [0, 0.1) is 0 Å². The Morgan fingerprint density at radius 1 is 1.17 bits per heavy atom. The van der Waals surface area contributed by atoms with Crippen molar-refractivity contribution in [3.8, 4) is 11.5 Å². The third-order valence-electron chi connectivity index (χ3n) is 5.40. The van der Waals surface area contributed by atoms with Crippen LogP contribution in [0.2, 0.25) is 0 Å². The zero-order chi connectivity index (χ0) is 20.6. The van der Waals surface area contributed by atoms with Crippen molar-refractivity contribution in [3.63, 3.8) is 0 Å². The average molecular weight is 399 g/mol. The molecule has 3 rings (SSSR count). The summed E-state index contributed by atoms with van der Waals surface area (Å²) in [7, 11) is 3.25. The van der Waals surface area contributed by atoms with Gasteiger partial charge in [0.2, 0.25) is 0 Å². The number of carbonyl (C=O) groups excluding carboxylic acids is 1. The lowest BCUT2D eigenvalue weighted by atomic mass is 10.00. The lowest BCUT2D eigenvalue weighted by Gasteiger charge is -2.34. The maximum Gasteiger partial charge on any atom is 0.274 e. The molecule has 156 valence electrons. The molecule has 2 heterocycles. The molecule has 0 saturated carbocycles. The van der Waals surface area contributed by atoms with Gasteiger partial charge in [-0.2, -0.15) is 0 Å². The van der Waals surface area contributed by atoms with Crippen molar-refractivity contribution in [2.75, 3.05) is 32.6 Å². The number of piperidine rings is 1. The van der Waals surface area contributed by atoms with Crippen molar-refractivity contribution < 1.29 is 14.3 Å². The van der Waals surface area contributed by atoms with Gasteiger partial charge in [0.1, 0.15) is 11.5 Å². The van der Waals surface area contributed by atoms with E-state index in [1.165, 1.54) is 6.42 Å². The normalized spacial score (nSPS) is 16.4. The molecule has 2 aromatic rings. The van der Waals surface area contributed by atoms with Crippen LogP contribution < -0.4 is 14.8 Å². The molecule has 0 radical (unpaired) electrons. The molecule has 1 atom stereocenters. The maximum absolute atomic E-state index is 12.8. The largest absolute Gasteiger partial charge is 0.493 e. The van der Waals surface area contributed by atoms with Gasteiger partial charge in [-0.25, -0.2) is 9.97 Å². The summed E-state index contributed by atoms with van der Waals surface area (Å²) in [5.41, 5.74) is 1.54. The standard InChI is InChI=1S/C22H30N4O3/c1-4-17-7-5-6-12-26(17)22(27)18-14-25-21(15-24-18)23-11-10-16-8-9-19(28-2)20(13-16)29-3/h8-9,13-15,17H,4-7,10-12H2,1-3H3,(H,23,25). The average Bonchev–Trinajstić information content (AvgIpc) is 2.78. The molecule has 1 amide bonds. The molecule has 1 fully saturated rings. The van der Waals surface area contributed by atoms with E-state index < -0.39 is 0 Å². The van der Waals surface area contributed by atoms with E-state index in [2.05, 4.69) is 22.2 Å². The summed E-state index contributed by atoms with van der Waals surface area (Å²) >= 11 is 0. The number of methoxy groups -OCH3 is 2. The Kier molecular flexibility index (Phi) is 7.27. The Morgan fingerprint density at radius 2 is 2.00 bits per heavy atom. The molecule has 29 heavy (non-hydrogen) atoms. The van der Waals surface area contributed by atoms with Gasteiger partial charge in [0.05, 0.1) is 26.6 Å². The second-order valence-electron chi connectivity index (χ2n) is 7.21. The summed E-state index contributed by atoms with van der Waals surface area (Å²) in [5.74, 6) is 2.08. The van der Waals surface area contributed by atoms with Gasteiger partial charge in [-0.05, 0) is 49.8 Å². The lowest BCUT2D eigenvalue weighted by Crippen LogP contribution is -2.43. The van der Waals surface area contributed by atoms with E-state index >= 15 is 0 Å². The van der Waals surface area contributed by atoms with Gasteiger partial charge < -0.3 is 19.7 Å². The fourth-order valence-electron chi connectivity index (χ4n) is 3.74. The Hall–Kier alpha value is -2.83. The van der Waals surface area contributed by atoms with Crippen LogP contribution in [0.5, 0.6) is 11.5 Å². The summed E-state index contributed by atoms with van der Waals surface area (Å²) in [5, 5.41) is 3.25. The van der Waals surface area contributed by atoms with Gasteiger partial charge in [-0.1, -0.05) is 13.0 Å². The number of amides is 1. The molecule has 1 unspecified atom stereocenters. The Morgan fingerprint density at radius 3 is 2.69 bits per heavy atom. The third kappa shape index (κ3) is 5.16. The Labute approximate surface area is 172 Å². The predicted octanol–water partition coefficient (Wildman–Crippen LogP) is 3.55. The molecule has 0 bridgehead atoms. The van der Waals surface area contributed by atoms with Crippen molar-refractivity contribution in [2.24, 2.45) is 0 Å². The second kappa shape index (κ2) is 10.1. The summed E-state index contributed by atoms with van der Waals surface area (Å²) in [6, 6.07) is 6.20. The molecule has 1 aromatic carbocycles. The first kappa shape index (κ1) is 20.9. The molecule has 7 nitrogen and oxygen atoms in total. The lowest BCUT2D eigenvalue weighted by molar-refractivity contribution is 0.0601. The van der Waals surface area contributed by atoms with E-state index in [0.717, 1.165) is 43.5 Å². The molecule has 1 aliphatic rings. The number of rotatable bonds is 8. The van der Waals surface area contributed by atoms with Gasteiger partial charge in [0.15, 0.2) is 11.5 Å². The number of nitrogens with zero attached hydrogens (tertiary/aromatic N) is 3. The molecule has 7 heteroatoms. The molecular formula is C22H30N4O3. The summed E-state index contributed by atoms with van der Waals surface area (Å²) in [4.78, 5) is 23.4. The quantitative estimate of drug-likeness (QED) is 0.733. The highest BCUT2D eigenvalue weighted by molar-refractivity contribution is 5.92. The van der Waals surface area contributed by atoms with Crippen molar-refractivity contribution in [1.29, 1.82) is 0 Å². The molecule has 1 saturated heterocycles. The number of hydrogen-bond donors (Lipinski definition) is 1. The van der Waals surface area contributed by atoms with E-state index in [9.17, 15) is 4.79 Å². The smallest absolute Gasteiger partial charge is 0.274 e. The minimum absolute atomic E-state index is 0.0130. The zero-order valence-electron chi connectivity index (χ0n) is 17.5. The SMILES string of the molecule is CCC1CCCCN1C(=O)c1cnc(NCCc2ccc(OC)c(OC)c2)cn1. The van der Waals surface area contributed by atoms with Gasteiger partial charge in [-0.3, -0.25) is 4.79 Å². The topological polar surface area (TPSA) is 76.6 Å². The predicted molar refractivity (Wildman–Crippen MR) is 113 cm³/mol. The minimum Gasteiger partial charge on any atom is -0.493 e. The van der Waals surface area contributed by atoms with Gasteiger partial charge >= 0.3 is 0 Å². The van der Waals surface area contributed by atoms with Gasteiger partial charge in [-0.15, -0.1) is 0 Å². The number of nitrogens with one attached hydrogen (secondary N) is 1. The van der Waals surface area contributed by atoms with Crippen LogP contribution >= 0.6 is 0 Å². The first-order valence-corrected chi connectivity index (χ1v) is 10.2. The monoisotopic (exact) mass is 398 g/mol. The fraction of sp³-hybridized carbons (Fsp3) is 0.500. The molecule has 1 aliphatic heterocycles. The molecule has 0 aliphatic carbocycles. The number of likely N-dealkylation sites (tertiary alicyclic amines) is 1. The van der Waals surface area contributed by atoms with Crippen LogP contribution in [0.4, 0.5) is 5.82 Å². The van der Waals surface area contributed by atoms with Crippen molar-refractivity contribution >= 4 is 11.7 Å². The Balaban J connectivity index is 1.55. The first-order valence-electron chi connectivity index (χ1n) is 10.2. The summed E-state index contributed by atoms with van der Waals surface area (Å²) in [6.45, 7) is 3.64. The van der Waals surface area contributed by atoms with Crippen LogP contribution in [0.25, 0.3) is 0 Å². The first-order chi connectivity index (χ1) is 14.2. The minimum atomic E-state index is -0.0130. The summed E-state index contributed by atoms with van der Waals surface area (Å²) in [6.07, 6.45) is 8.31. The number of carbonyl (C=O) groups is 1.